The Morgan fingerprint density at radius 1 is 1.33 bits per heavy atom. The first-order chi connectivity index (χ1) is 8.53. The summed E-state index contributed by atoms with van der Waals surface area (Å²) in [5.41, 5.74) is 1.16. The fourth-order valence-corrected chi connectivity index (χ4v) is 4.17. The number of hydrogen-bond acceptors (Lipinski definition) is 3. The first-order valence-corrected chi connectivity index (χ1v) is 8.76. The third kappa shape index (κ3) is 3.06. The predicted molar refractivity (Wildman–Crippen MR) is 78.8 cm³/mol. The van der Waals surface area contributed by atoms with E-state index < -0.39 is 9.84 Å². The van der Waals surface area contributed by atoms with Crippen LogP contribution in [0.5, 0.6) is 0 Å². The van der Waals surface area contributed by atoms with Crippen LogP contribution in [0.25, 0.3) is 0 Å². The number of halogens is 1. The minimum absolute atomic E-state index is 0.147. The summed E-state index contributed by atoms with van der Waals surface area (Å²) >= 11 is 3.46. The van der Waals surface area contributed by atoms with E-state index in [9.17, 15) is 8.42 Å². The van der Waals surface area contributed by atoms with Crippen molar-refractivity contribution in [2.24, 2.45) is 0 Å². The molecule has 5 heteroatoms. The fourth-order valence-electron chi connectivity index (χ4n) is 2.38. The molecule has 0 saturated carbocycles. The monoisotopic (exact) mass is 331 g/mol. The lowest BCUT2D eigenvalue weighted by Gasteiger charge is -2.33. The van der Waals surface area contributed by atoms with Gasteiger partial charge < -0.3 is 4.90 Å². The first kappa shape index (κ1) is 13.9. The van der Waals surface area contributed by atoms with E-state index in [0.29, 0.717) is 0 Å². The Labute approximate surface area is 117 Å². The van der Waals surface area contributed by atoms with Gasteiger partial charge in [-0.3, -0.25) is 0 Å². The molecule has 1 aliphatic rings. The van der Waals surface area contributed by atoms with E-state index in [4.69, 9.17) is 0 Å². The second kappa shape index (κ2) is 5.61. The van der Waals surface area contributed by atoms with Crippen LogP contribution in [0.15, 0.2) is 28.7 Å². The largest absolute Gasteiger partial charge is 0.371 e. The lowest BCUT2D eigenvalue weighted by atomic mass is 10.1. The van der Waals surface area contributed by atoms with Crippen molar-refractivity contribution in [3.8, 4) is 0 Å². The highest BCUT2D eigenvalue weighted by Crippen LogP contribution is 2.25. The van der Waals surface area contributed by atoms with Gasteiger partial charge in [-0.25, -0.2) is 8.42 Å². The highest BCUT2D eigenvalue weighted by molar-refractivity contribution is 9.10. The molecule has 0 unspecified atom stereocenters. The Hall–Kier alpha value is -0.550. The highest BCUT2D eigenvalue weighted by Gasteiger charge is 2.28. The van der Waals surface area contributed by atoms with Gasteiger partial charge >= 0.3 is 0 Å². The summed E-state index contributed by atoms with van der Waals surface area (Å²) in [6.45, 7) is 3.37. The summed E-state index contributed by atoms with van der Waals surface area (Å²) < 4.78 is 24.7. The second-order valence-corrected chi connectivity index (χ2v) is 8.10. The number of sulfone groups is 1. The van der Waals surface area contributed by atoms with Crippen LogP contribution in [0.2, 0.25) is 0 Å². The number of anilines is 1. The summed E-state index contributed by atoms with van der Waals surface area (Å²) in [7, 11) is -2.87. The molecular formula is C13H18BrNO2S. The molecule has 2 rings (SSSR count). The molecular weight excluding hydrogens is 314 g/mol. The number of benzene rings is 1. The SMILES string of the molecule is CCS(=O)(=O)C1CCN(c2cccc(Br)c2)CC1. The maximum absolute atomic E-state index is 11.8. The van der Waals surface area contributed by atoms with Gasteiger partial charge in [0, 0.05) is 29.0 Å². The zero-order chi connectivity index (χ0) is 13.2. The van der Waals surface area contributed by atoms with Gasteiger partial charge in [-0.15, -0.1) is 0 Å². The van der Waals surface area contributed by atoms with Crippen LogP contribution < -0.4 is 4.90 Å². The molecule has 0 bridgehead atoms. The molecule has 18 heavy (non-hydrogen) atoms. The zero-order valence-electron chi connectivity index (χ0n) is 10.5. The van der Waals surface area contributed by atoms with Crippen molar-refractivity contribution in [2.45, 2.75) is 25.0 Å². The molecule has 1 saturated heterocycles. The Kier molecular flexibility index (Phi) is 4.33. The predicted octanol–water partition coefficient (Wildman–Crippen LogP) is 2.85. The molecule has 0 amide bonds. The second-order valence-electron chi connectivity index (χ2n) is 4.62. The van der Waals surface area contributed by atoms with E-state index in [1.54, 1.807) is 6.92 Å². The minimum Gasteiger partial charge on any atom is -0.371 e. The van der Waals surface area contributed by atoms with Gasteiger partial charge in [-0.1, -0.05) is 28.9 Å². The van der Waals surface area contributed by atoms with Crippen molar-refractivity contribution < 1.29 is 8.42 Å². The Balaban J connectivity index is 2.03. The van der Waals surface area contributed by atoms with E-state index in [2.05, 4.69) is 33.0 Å². The maximum atomic E-state index is 11.8. The zero-order valence-corrected chi connectivity index (χ0v) is 12.9. The third-order valence-electron chi connectivity index (χ3n) is 3.53. The molecule has 1 heterocycles. The van der Waals surface area contributed by atoms with Crippen LogP contribution in [0.3, 0.4) is 0 Å². The van der Waals surface area contributed by atoms with Gasteiger partial charge in [0.05, 0.1) is 5.25 Å². The number of hydrogen-bond donors (Lipinski definition) is 0. The Bertz CT molecular complexity index is 507. The lowest BCUT2D eigenvalue weighted by molar-refractivity contribution is 0.531. The van der Waals surface area contributed by atoms with Crippen molar-refractivity contribution in [1.29, 1.82) is 0 Å². The summed E-state index contributed by atoms with van der Waals surface area (Å²) in [4.78, 5) is 2.26. The van der Waals surface area contributed by atoms with E-state index in [1.807, 2.05) is 12.1 Å². The van der Waals surface area contributed by atoms with Crippen molar-refractivity contribution in [3.63, 3.8) is 0 Å². The quantitative estimate of drug-likeness (QED) is 0.854. The molecule has 0 atom stereocenters. The van der Waals surface area contributed by atoms with Gasteiger partial charge in [-0.2, -0.15) is 0 Å². The van der Waals surface area contributed by atoms with Crippen molar-refractivity contribution in [2.75, 3.05) is 23.7 Å². The maximum Gasteiger partial charge on any atom is 0.153 e. The molecule has 0 spiro atoms. The average molecular weight is 332 g/mol. The van der Waals surface area contributed by atoms with Gasteiger partial charge in [-0.05, 0) is 31.0 Å². The van der Waals surface area contributed by atoms with Gasteiger partial charge in [0.15, 0.2) is 9.84 Å². The van der Waals surface area contributed by atoms with E-state index in [0.717, 1.165) is 36.1 Å². The van der Waals surface area contributed by atoms with Gasteiger partial charge in [0.1, 0.15) is 0 Å². The molecule has 1 aliphatic heterocycles. The number of nitrogens with zero attached hydrogens (tertiary/aromatic N) is 1. The van der Waals surface area contributed by atoms with Crippen LogP contribution in [0, 0.1) is 0 Å². The van der Waals surface area contributed by atoms with Crippen molar-refractivity contribution in [1.82, 2.24) is 0 Å². The number of rotatable bonds is 3. The Morgan fingerprint density at radius 2 is 2.00 bits per heavy atom. The highest BCUT2D eigenvalue weighted by atomic mass is 79.9. The summed E-state index contributed by atoms with van der Waals surface area (Å²) in [6, 6.07) is 8.15. The molecule has 3 nitrogen and oxygen atoms in total. The molecule has 0 radical (unpaired) electrons. The van der Waals surface area contributed by atoms with Gasteiger partial charge in [0.2, 0.25) is 0 Å². The topological polar surface area (TPSA) is 37.4 Å². The van der Waals surface area contributed by atoms with Crippen LogP contribution in [-0.4, -0.2) is 32.5 Å². The lowest BCUT2D eigenvalue weighted by Crippen LogP contribution is -2.39. The molecule has 1 fully saturated rings. The van der Waals surface area contributed by atoms with Crippen LogP contribution in [-0.2, 0) is 9.84 Å². The van der Waals surface area contributed by atoms with Crippen LogP contribution in [0.1, 0.15) is 19.8 Å². The average Bonchev–Trinajstić information content (AvgIpc) is 2.39. The standard InChI is InChI=1S/C13H18BrNO2S/c1-2-18(16,17)13-6-8-15(9-7-13)12-5-3-4-11(14)10-12/h3-5,10,13H,2,6-9H2,1H3. The van der Waals surface area contributed by atoms with E-state index >= 15 is 0 Å². The van der Waals surface area contributed by atoms with Crippen molar-refractivity contribution >= 4 is 31.5 Å². The van der Waals surface area contributed by atoms with Crippen molar-refractivity contribution in [3.05, 3.63) is 28.7 Å². The Morgan fingerprint density at radius 3 is 2.56 bits per heavy atom. The molecule has 100 valence electrons. The van der Waals surface area contributed by atoms with Crippen LogP contribution in [0.4, 0.5) is 5.69 Å². The molecule has 0 aliphatic carbocycles. The third-order valence-corrected chi connectivity index (χ3v) is 6.31. The summed E-state index contributed by atoms with van der Waals surface area (Å²) in [5, 5.41) is -0.147. The first-order valence-electron chi connectivity index (χ1n) is 6.25. The number of piperidine rings is 1. The minimum atomic E-state index is -2.87. The van der Waals surface area contributed by atoms with Crippen LogP contribution >= 0.6 is 15.9 Å². The summed E-state index contributed by atoms with van der Waals surface area (Å²) in [6.07, 6.45) is 1.48. The molecule has 0 aromatic heterocycles. The molecule has 0 N–H and O–H groups in total. The fraction of sp³-hybridized carbons (Fsp3) is 0.538. The molecule has 1 aromatic carbocycles. The smallest absolute Gasteiger partial charge is 0.153 e. The molecule has 1 aromatic rings. The van der Waals surface area contributed by atoms with E-state index in [1.165, 1.54) is 0 Å². The normalized spacial score (nSPS) is 18.0. The summed E-state index contributed by atoms with van der Waals surface area (Å²) in [5.74, 6) is 0.258. The van der Waals surface area contributed by atoms with Gasteiger partial charge in [0.25, 0.3) is 0 Å². The van der Waals surface area contributed by atoms with E-state index in [-0.39, 0.29) is 11.0 Å².